The summed E-state index contributed by atoms with van der Waals surface area (Å²) >= 11 is 0. The molecule has 4 heteroatoms. The van der Waals surface area contributed by atoms with Crippen molar-refractivity contribution in [2.24, 2.45) is 17.6 Å². The Labute approximate surface area is 118 Å². The average Bonchev–Trinajstić information content (AvgIpc) is 2.39. The van der Waals surface area contributed by atoms with E-state index in [4.69, 9.17) is 5.73 Å². The molecule has 0 aliphatic heterocycles. The van der Waals surface area contributed by atoms with Crippen molar-refractivity contribution in [3.63, 3.8) is 0 Å². The molecule has 112 valence electrons. The van der Waals surface area contributed by atoms with Gasteiger partial charge in [-0.05, 0) is 37.5 Å². The second-order valence-corrected chi connectivity index (χ2v) is 9.11. The van der Waals surface area contributed by atoms with Crippen LogP contribution in [-0.2, 0) is 9.84 Å². The first-order chi connectivity index (χ1) is 8.99. The van der Waals surface area contributed by atoms with Crippen LogP contribution in [0.4, 0.5) is 0 Å². The van der Waals surface area contributed by atoms with E-state index in [2.05, 4.69) is 6.92 Å². The summed E-state index contributed by atoms with van der Waals surface area (Å²) in [6.45, 7) is 2.17. The van der Waals surface area contributed by atoms with Crippen LogP contribution in [0.3, 0.4) is 0 Å². The molecular weight excluding hydrogens is 258 g/mol. The molecular formula is C15H29NO2S. The molecule has 0 bridgehead atoms. The zero-order valence-electron chi connectivity index (χ0n) is 12.2. The molecule has 0 heterocycles. The smallest absolute Gasteiger partial charge is 0.154 e. The minimum atomic E-state index is -2.99. The molecule has 2 fully saturated rings. The van der Waals surface area contributed by atoms with E-state index in [0.717, 1.165) is 32.1 Å². The molecule has 0 aromatic rings. The summed E-state index contributed by atoms with van der Waals surface area (Å²) < 4.78 is 25.0. The van der Waals surface area contributed by atoms with E-state index in [1.807, 2.05) is 0 Å². The number of rotatable bonds is 4. The Morgan fingerprint density at radius 3 is 2.37 bits per heavy atom. The highest BCUT2D eigenvalue weighted by molar-refractivity contribution is 7.92. The van der Waals surface area contributed by atoms with Crippen LogP contribution in [0.25, 0.3) is 0 Å². The van der Waals surface area contributed by atoms with Crippen molar-refractivity contribution in [3.05, 3.63) is 0 Å². The van der Waals surface area contributed by atoms with E-state index < -0.39 is 9.84 Å². The second-order valence-electron chi connectivity index (χ2n) is 6.79. The van der Waals surface area contributed by atoms with Gasteiger partial charge < -0.3 is 5.73 Å². The predicted octanol–water partition coefficient (Wildman–Crippen LogP) is 2.89. The zero-order chi connectivity index (χ0) is 13.9. The van der Waals surface area contributed by atoms with Gasteiger partial charge in [-0.3, -0.25) is 0 Å². The van der Waals surface area contributed by atoms with Crippen molar-refractivity contribution >= 4 is 9.84 Å². The van der Waals surface area contributed by atoms with Crippen LogP contribution in [0.5, 0.6) is 0 Å². The van der Waals surface area contributed by atoms with E-state index in [-0.39, 0.29) is 17.0 Å². The van der Waals surface area contributed by atoms with Crippen molar-refractivity contribution < 1.29 is 8.42 Å². The Hall–Kier alpha value is -0.0900. The first kappa shape index (κ1) is 15.3. The molecule has 0 spiro atoms. The third kappa shape index (κ3) is 4.19. The van der Waals surface area contributed by atoms with Crippen LogP contribution < -0.4 is 5.73 Å². The highest BCUT2D eigenvalue weighted by Gasteiger charge is 2.33. The molecule has 0 amide bonds. The first-order valence-electron chi connectivity index (χ1n) is 7.96. The maximum absolute atomic E-state index is 12.5. The fourth-order valence-electron chi connectivity index (χ4n) is 3.81. The van der Waals surface area contributed by atoms with Crippen LogP contribution in [0, 0.1) is 11.8 Å². The average molecular weight is 287 g/mol. The minimum Gasteiger partial charge on any atom is -0.327 e. The molecule has 2 N–H and O–H groups in total. The van der Waals surface area contributed by atoms with Crippen LogP contribution in [-0.4, -0.2) is 25.5 Å². The third-order valence-corrected chi connectivity index (χ3v) is 7.37. The molecule has 0 aromatic carbocycles. The van der Waals surface area contributed by atoms with Gasteiger partial charge >= 0.3 is 0 Å². The summed E-state index contributed by atoms with van der Waals surface area (Å²) in [6, 6.07) is -0.137. The molecule has 3 atom stereocenters. The summed E-state index contributed by atoms with van der Waals surface area (Å²) in [5.74, 6) is 1.21. The maximum atomic E-state index is 12.5. The fourth-order valence-corrected chi connectivity index (χ4v) is 6.04. The summed E-state index contributed by atoms with van der Waals surface area (Å²) in [5.41, 5.74) is 6.20. The van der Waals surface area contributed by atoms with Gasteiger partial charge in [0, 0.05) is 6.04 Å². The van der Waals surface area contributed by atoms with Crippen molar-refractivity contribution in [2.45, 2.75) is 76.0 Å². The van der Waals surface area contributed by atoms with Gasteiger partial charge in [0.15, 0.2) is 9.84 Å². The topological polar surface area (TPSA) is 60.2 Å². The molecule has 2 aliphatic rings. The Morgan fingerprint density at radius 1 is 1.05 bits per heavy atom. The van der Waals surface area contributed by atoms with Gasteiger partial charge in [0.05, 0.1) is 11.0 Å². The van der Waals surface area contributed by atoms with Gasteiger partial charge in [0.2, 0.25) is 0 Å². The fraction of sp³-hybridized carbons (Fsp3) is 1.00. The summed E-state index contributed by atoms with van der Waals surface area (Å²) in [5, 5.41) is -0.120. The summed E-state index contributed by atoms with van der Waals surface area (Å²) in [6.07, 6.45) is 9.91. The predicted molar refractivity (Wildman–Crippen MR) is 79.8 cm³/mol. The second kappa shape index (κ2) is 6.57. The van der Waals surface area contributed by atoms with Crippen molar-refractivity contribution in [1.29, 1.82) is 0 Å². The van der Waals surface area contributed by atoms with Gasteiger partial charge in [0.25, 0.3) is 0 Å². The van der Waals surface area contributed by atoms with Crippen molar-refractivity contribution in [3.8, 4) is 0 Å². The van der Waals surface area contributed by atoms with Gasteiger partial charge in [-0.2, -0.15) is 0 Å². The number of hydrogen-bond donors (Lipinski definition) is 1. The normalized spacial score (nSPS) is 32.1. The molecule has 2 aliphatic carbocycles. The summed E-state index contributed by atoms with van der Waals surface area (Å²) in [7, 11) is -2.99. The Kier molecular flexibility index (Phi) is 5.29. The van der Waals surface area contributed by atoms with Gasteiger partial charge in [0.1, 0.15) is 0 Å². The van der Waals surface area contributed by atoms with Crippen molar-refractivity contribution in [1.82, 2.24) is 0 Å². The quantitative estimate of drug-likeness (QED) is 0.865. The van der Waals surface area contributed by atoms with Crippen LogP contribution in [0.2, 0.25) is 0 Å². The standard InChI is InChI=1S/C15H29NO2S/c1-12-6-5-9-14(10-12)19(17,18)11-15(16)13-7-3-2-4-8-13/h12-15H,2-11,16H2,1H3. The Balaban J connectivity index is 1.92. The highest BCUT2D eigenvalue weighted by Crippen LogP contribution is 2.31. The van der Waals surface area contributed by atoms with Gasteiger partial charge in [-0.1, -0.05) is 39.0 Å². The molecule has 2 rings (SSSR count). The molecule has 3 nitrogen and oxygen atoms in total. The Morgan fingerprint density at radius 2 is 1.74 bits per heavy atom. The monoisotopic (exact) mass is 287 g/mol. The lowest BCUT2D eigenvalue weighted by Gasteiger charge is -2.31. The van der Waals surface area contributed by atoms with E-state index in [9.17, 15) is 8.42 Å². The van der Waals surface area contributed by atoms with E-state index in [0.29, 0.717) is 11.8 Å². The maximum Gasteiger partial charge on any atom is 0.154 e. The lowest BCUT2D eigenvalue weighted by atomic mass is 9.85. The van der Waals surface area contributed by atoms with E-state index >= 15 is 0 Å². The van der Waals surface area contributed by atoms with Gasteiger partial charge in [-0.15, -0.1) is 0 Å². The largest absolute Gasteiger partial charge is 0.327 e. The van der Waals surface area contributed by atoms with Crippen LogP contribution in [0.1, 0.15) is 64.7 Å². The molecule has 2 saturated carbocycles. The molecule has 0 radical (unpaired) electrons. The van der Waals surface area contributed by atoms with Crippen molar-refractivity contribution in [2.75, 3.05) is 5.75 Å². The van der Waals surface area contributed by atoms with Crippen LogP contribution >= 0.6 is 0 Å². The minimum absolute atomic E-state index is 0.120. The molecule has 0 saturated heterocycles. The SMILES string of the molecule is CC1CCCC(S(=O)(=O)CC(N)C2CCCCC2)C1. The Bertz CT molecular complexity index is 374. The van der Waals surface area contributed by atoms with Crippen LogP contribution in [0.15, 0.2) is 0 Å². The molecule has 0 aromatic heterocycles. The third-order valence-electron chi connectivity index (χ3n) is 5.08. The summed E-state index contributed by atoms with van der Waals surface area (Å²) in [4.78, 5) is 0. The number of sulfone groups is 1. The number of hydrogen-bond acceptors (Lipinski definition) is 3. The molecule has 19 heavy (non-hydrogen) atoms. The van der Waals surface area contributed by atoms with Gasteiger partial charge in [-0.25, -0.2) is 8.42 Å². The highest BCUT2D eigenvalue weighted by atomic mass is 32.2. The first-order valence-corrected chi connectivity index (χ1v) is 9.67. The number of nitrogens with two attached hydrogens (primary N) is 1. The van der Waals surface area contributed by atoms with E-state index in [1.165, 1.54) is 25.7 Å². The lowest BCUT2D eigenvalue weighted by Crippen LogP contribution is -2.41. The zero-order valence-corrected chi connectivity index (χ0v) is 13.0. The molecule has 3 unspecified atom stereocenters. The van der Waals surface area contributed by atoms with E-state index in [1.54, 1.807) is 0 Å². The lowest BCUT2D eigenvalue weighted by molar-refractivity contribution is 0.315.